The average Bonchev–Trinajstić information content (AvgIpc) is 3.52. The van der Waals surface area contributed by atoms with Crippen LogP contribution < -0.4 is 5.32 Å². The number of nitro benzene ring substituents is 1. The molecule has 0 spiro atoms. The molecule has 2 aromatic heterocycles. The molecule has 0 bridgehead atoms. The van der Waals surface area contributed by atoms with Gasteiger partial charge in [-0.15, -0.1) is 11.3 Å². The van der Waals surface area contributed by atoms with Crippen molar-refractivity contribution in [3.8, 4) is 0 Å². The Labute approximate surface area is 212 Å². The van der Waals surface area contributed by atoms with Gasteiger partial charge in [0.2, 0.25) is 11.8 Å². The summed E-state index contributed by atoms with van der Waals surface area (Å²) in [6.45, 7) is 3.81. The zero-order valence-corrected chi connectivity index (χ0v) is 20.9. The number of non-ortho nitro benzene ring substituents is 1. The fourth-order valence-corrected chi connectivity index (χ4v) is 4.82. The van der Waals surface area contributed by atoms with E-state index in [4.69, 9.17) is 9.51 Å². The van der Waals surface area contributed by atoms with Gasteiger partial charge in [-0.25, -0.2) is 4.98 Å². The third-order valence-corrected chi connectivity index (χ3v) is 6.72. The summed E-state index contributed by atoms with van der Waals surface area (Å²) in [5, 5.41) is 20.9. The van der Waals surface area contributed by atoms with Crippen LogP contribution in [0.2, 0.25) is 0 Å². The minimum absolute atomic E-state index is 0.0218. The second kappa shape index (κ2) is 11.7. The summed E-state index contributed by atoms with van der Waals surface area (Å²) >= 11 is 1.50. The highest BCUT2D eigenvalue weighted by molar-refractivity contribution is 7.09. The van der Waals surface area contributed by atoms with Crippen LogP contribution in [0, 0.1) is 17.0 Å². The van der Waals surface area contributed by atoms with Crippen molar-refractivity contribution >= 4 is 22.9 Å². The topological polar surface area (TPSA) is 124 Å². The second-order valence-corrected chi connectivity index (χ2v) is 9.43. The lowest BCUT2D eigenvalue weighted by Crippen LogP contribution is -2.35. The number of thiazole rings is 1. The molecule has 0 saturated heterocycles. The fourth-order valence-electron chi connectivity index (χ4n) is 3.91. The van der Waals surface area contributed by atoms with Crippen LogP contribution in [0.1, 0.15) is 58.8 Å². The SMILES string of the molecule is CCCc1csc([C@H](Cc2ccc([N+](=O)[O-])cc2)NC(=O)C(Cc2ccccc2)c2nc(C)no2)n1. The van der Waals surface area contributed by atoms with Crippen LogP contribution in [-0.2, 0) is 24.1 Å². The van der Waals surface area contributed by atoms with Crippen molar-refractivity contribution < 1.29 is 14.2 Å². The Morgan fingerprint density at radius 2 is 1.81 bits per heavy atom. The van der Waals surface area contributed by atoms with Crippen LogP contribution in [0.3, 0.4) is 0 Å². The molecule has 36 heavy (non-hydrogen) atoms. The van der Waals surface area contributed by atoms with Gasteiger partial charge in [0.1, 0.15) is 10.9 Å². The van der Waals surface area contributed by atoms with Crippen molar-refractivity contribution in [3.63, 3.8) is 0 Å². The molecule has 186 valence electrons. The molecule has 0 radical (unpaired) electrons. The van der Waals surface area contributed by atoms with E-state index >= 15 is 0 Å². The number of nitrogens with zero attached hydrogens (tertiary/aromatic N) is 4. The van der Waals surface area contributed by atoms with E-state index in [1.807, 2.05) is 35.7 Å². The lowest BCUT2D eigenvalue weighted by Gasteiger charge is -2.20. The first kappa shape index (κ1) is 25.2. The summed E-state index contributed by atoms with van der Waals surface area (Å²) in [4.78, 5) is 33.4. The summed E-state index contributed by atoms with van der Waals surface area (Å²) in [6.07, 6.45) is 2.66. The summed E-state index contributed by atoms with van der Waals surface area (Å²) in [5.74, 6) is -0.208. The van der Waals surface area contributed by atoms with Gasteiger partial charge in [-0.2, -0.15) is 4.98 Å². The van der Waals surface area contributed by atoms with Crippen molar-refractivity contribution in [1.29, 1.82) is 0 Å². The Morgan fingerprint density at radius 3 is 2.44 bits per heavy atom. The van der Waals surface area contributed by atoms with E-state index in [9.17, 15) is 14.9 Å². The molecule has 0 aliphatic heterocycles. The maximum absolute atomic E-state index is 13.7. The van der Waals surface area contributed by atoms with Gasteiger partial charge >= 0.3 is 0 Å². The number of aromatic nitrogens is 3. The number of hydrogen-bond acceptors (Lipinski definition) is 8. The third-order valence-electron chi connectivity index (χ3n) is 5.72. The molecule has 1 amide bonds. The van der Waals surface area contributed by atoms with E-state index in [1.165, 1.54) is 23.5 Å². The average molecular weight is 506 g/mol. The van der Waals surface area contributed by atoms with Crippen molar-refractivity contribution in [2.45, 2.75) is 51.5 Å². The molecular weight excluding hydrogens is 478 g/mol. The number of amides is 1. The van der Waals surface area contributed by atoms with Gasteiger partial charge in [0.15, 0.2) is 5.82 Å². The number of hydrogen-bond donors (Lipinski definition) is 1. The number of carbonyl (C=O) groups excluding carboxylic acids is 1. The van der Waals surface area contributed by atoms with Crippen molar-refractivity contribution in [2.75, 3.05) is 0 Å². The Morgan fingerprint density at radius 1 is 1.08 bits per heavy atom. The Balaban J connectivity index is 1.61. The zero-order valence-electron chi connectivity index (χ0n) is 20.1. The molecule has 2 aromatic carbocycles. The molecular formula is C26H27N5O4S. The number of benzene rings is 2. The second-order valence-electron chi connectivity index (χ2n) is 8.54. The van der Waals surface area contributed by atoms with Gasteiger partial charge in [0, 0.05) is 17.5 Å². The van der Waals surface area contributed by atoms with E-state index in [-0.39, 0.29) is 17.5 Å². The molecule has 9 nitrogen and oxygen atoms in total. The summed E-state index contributed by atoms with van der Waals surface area (Å²) in [7, 11) is 0. The molecule has 1 N–H and O–H groups in total. The number of rotatable bonds is 11. The molecule has 0 aliphatic rings. The zero-order chi connectivity index (χ0) is 25.5. The predicted octanol–water partition coefficient (Wildman–Crippen LogP) is 5.12. The summed E-state index contributed by atoms with van der Waals surface area (Å²) in [5.41, 5.74) is 2.83. The number of carbonyl (C=O) groups is 1. The van der Waals surface area contributed by atoms with E-state index < -0.39 is 16.9 Å². The van der Waals surface area contributed by atoms with Crippen molar-refractivity contribution in [2.24, 2.45) is 0 Å². The maximum Gasteiger partial charge on any atom is 0.269 e. The van der Waals surface area contributed by atoms with Gasteiger partial charge in [-0.05, 0) is 37.3 Å². The monoisotopic (exact) mass is 505 g/mol. The molecule has 0 saturated carbocycles. The van der Waals surface area contributed by atoms with E-state index in [1.54, 1.807) is 19.1 Å². The first-order chi connectivity index (χ1) is 17.4. The van der Waals surface area contributed by atoms with Crippen LogP contribution in [0.5, 0.6) is 0 Å². The lowest BCUT2D eigenvalue weighted by atomic mass is 9.97. The van der Waals surface area contributed by atoms with Gasteiger partial charge in [0.25, 0.3) is 5.69 Å². The van der Waals surface area contributed by atoms with Gasteiger partial charge < -0.3 is 9.84 Å². The highest BCUT2D eigenvalue weighted by Crippen LogP contribution is 2.27. The molecule has 4 rings (SSSR count). The first-order valence-corrected chi connectivity index (χ1v) is 12.6. The van der Waals surface area contributed by atoms with E-state index in [0.717, 1.165) is 34.7 Å². The molecule has 2 heterocycles. The smallest absolute Gasteiger partial charge is 0.269 e. The van der Waals surface area contributed by atoms with Crippen LogP contribution in [-0.4, -0.2) is 26.0 Å². The first-order valence-electron chi connectivity index (χ1n) is 11.7. The molecule has 0 fully saturated rings. The highest BCUT2D eigenvalue weighted by Gasteiger charge is 2.30. The Kier molecular flexibility index (Phi) is 8.17. The van der Waals surface area contributed by atoms with Crippen LogP contribution in [0.25, 0.3) is 0 Å². The maximum atomic E-state index is 13.7. The number of aryl methyl sites for hydroxylation is 2. The number of nitro groups is 1. The quantitative estimate of drug-likeness (QED) is 0.221. The standard InChI is InChI=1S/C26H27N5O4S/c1-3-7-20-16-36-26(28-20)23(15-19-10-12-21(13-11-19)31(33)34)29-24(32)22(25-27-17(2)30-35-25)14-18-8-5-4-6-9-18/h4-6,8-13,16,22-23H,3,7,14-15H2,1-2H3,(H,29,32)/t22?,23-/m0/s1. The minimum Gasteiger partial charge on any atom is -0.346 e. The molecule has 1 unspecified atom stereocenters. The van der Waals surface area contributed by atoms with E-state index in [2.05, 4.69) is 22.4 Å². The third kappa shape index (κ3) is 6.39. The highest BCUT2D eigenvalue weighted by atomic mass is 32.1. The fraction of sp³-hybridized carbons (Fsp3) is 0.308. The number of nitrogens with one attached hydrogen (secondary N) is 1. The van der Waals surface area contributed by atoms with Crippen LogP contribution >= 0.6 is 11.3 Å². The summed E-state index contributed by atoms with van der Waals surface area (Å²) in [6, 6.07) is 15.6. The van der Waals surface area contributed by atoms with Gasteiger partial charge in [-0.3, -0.25) is 14.9 Å². The lowest BCUT2D eigenvalue weighted by molar-refractivity contribution is -0.384. The van der Waals surface area contributed by atoms with Crippen molar-refractivity contribution in [1.82, 2.24) is 20.4 Å². The van der Waals surface area contributed by atoms with Gasteiger partial charge in [-0.1, -0.05) is 61.0 Å². The van der Waals surface area contributed by atoms with Crippen LogP contribution in [0.15, 0.2) is 64.5 Å². The predicted molar refractivity (Wildman–Crippen MR) is 136 cm³/mol. The normalized spacial score (nSPS) is 12.7. The minimum atomic E-state index is -0.678. The largest absolute Gasteiger partial charge is 0.346 e. The van der Waals surface area contributed by atoms with E-state index in [0.29, 0.717) is 18.7 Å². The molecule has 4 aromatic rings. The van der Waals surface area contributed by atoms with Crippen molar-refractivity contribution in [3.05, 3.63) is 104 Å². The van der Waals surface area contributed by atoms with Gasteiger partial charge in [0.05, 0.1) is 16.7 Å². The molecule has 0 aliphatic carbocycles. The van der Waals surface area contributed by atoms with Crippen LogP contribution in [0.4, 0.5) is 5.69 Å². The Bertz CT molecular complexity index is 1300. The summed E-state index contributed by atoms with van der Waals surface area (Å²) < 4.78 is 5.40. The Hall–Kier alpha value is -3.92. The molecule has 2 atom stereocenters. The molecule has 10 heteroatoms.